The van der Waals surface area contributed by atoms with Gasteiger partial charge in [0.15, 0.2) is 0 Å². The first-order valence-electron chi connectivity index (χ1n) is 8.67. The second-order valence-corrected chi connectivity index (χ2v) is 7.70. The molecule has 2 nitrogen and oxygen atoms in total. The zero-order chi connectivity index (χ0) is 16.2. The van der Waals surface area contributed by atoms with Crippen LogP contribution in [-0.4, -0.2) is 13.7 Å². The molecule has 0 spiro atoms. The van der Waals surface area contributed by atoms with Gasteiger partial charge in [0, 0.05) is 18.2 Å². The van der Waals surface area contributed by atoms with E-state index in [1.165, 1.54) is 35.5 Å². The second-order valence-electron chi connectivity index (χ2n) is 7.70. The third-order valence-corrected chi connectivity index (χ3v) is 6.46. The summed E-state index contributed by atoms with van der Waals surface area (Å²) in [5, 5.41) is 0. The SMILES string of the molecule is CC[C@]1(C)CC1(C)c1ccccc1N1CN(C)c2ccccc21. The van der Waals surface area contributed by atoms with Crippen molar-refractivity contribution in [1.29, 1.82) is 0 Å². The lowest BCUT2D eigenvalue weighted by Gasteiger charge is -2.27. The normalized spacial score (nSPS) is 28.9. The molecule has 0 aromatic heterocycles. The van der Waals surface area contributed by atoms with E-state index in [0.717, 1.165) is 6.67 Å². The van der Waals surface area contributed by atoms with E-state index in [9.17, 15) is 0 Å². The lowest BCUT2D eigenvalue weighted by molar-refractivity contribution is 0.461. The fourth-order valence-electron chi connectivity index (χ4n) is 4.43. The van der Waals surface area contributed by atoms with Crippen molar-refractivity contribution in [2.75, 3.05) is 23.5 Å². The van der Waals surface area contributed by atoms with Gasteiger partial charge in [-0.05, 0) is 42.0 Å². The Kier molecular flexibility index (Phi) is 3.03. The average molecular weight is 306 g/mol. The molecule has 120 valence electrons. The highest BCUT2D eigenvalue weighted by Gasteiger charge is 2.61. The van der Waals surface area contributed by atoms with E-state index < -0.39 is 0 Å². The van der Waals surface area contributed by atoms with Crippen molar-refractivity contribution in [1.82, 2.24) is 0 Å². The Morgan fingerprint density at radius 3 is 2.17 bits per heavy atom. The molecule has 1 fully saturated rings. The lowest BCUT2D eigenvalue weighted by atomic mass is 9.86. The minimum atomic E-state index is 0.300. The average Bonchev–Trinajstić information content (AvgIpc) is 2.99. The highest BCUT2D eigenvalue weighted by Crippen LogP contribution is 2.67. The van der Waals surface area contributed by atoms with Gasteiger partial charge < -0.3 is 9.80 Å². The molecule has 1 saturated carbocycles. The van der Waals surface area contributed by atoms with Crippen LogP contribution in [0.5, 0.6) is 0 Å². The molecule has 0 N–H and O–H groups in total. The van der Waals surface area contributed by atoms with Gasteiger partial charge >= 0.3 is 0 Å². The molecule has 2 heteroatoms. The van der Waals surface area contributed by atoms with Crippen LogP contribution in [-0.2, 0) is 5.41 Å². The van der Waals surface area contributed by atoms with Gasteiger partial charge in [0.05, 0.1) is 18.0 Å². The van der Waals surface area contributed by atoms with Gasteiger partial charge in [0.2, 0.25) is 0 Å². The smallest absolute Gasteiger partial charge is 0.0950 e. The molecule has 2 aromatic rings. The van der Waals surface area contributed by atoms with Crippen molar-refractivity contribution >= 4 is 17.1 Å². The largest absolute Gasteiger partial charge is 0.355 e. The summed E-state index contributed by atoms with van der Waals surface area (Å²) in [5.41, 5.74) is 6.27. The predicted octanol–water partition coefficient (Wildman–Crippen LogP) is 5.31. The summed E-state index contributed by atoms with van der Waals surface area (Å²) in [7, 11) is 2.18. The Morgan fingerprint density at radius 1 is 0.913 bits per heavy atom. The van der Waals surface area contributed by atoms with Crippen LogP contribution in [0, 0.1) is 5.41 Å². The van der Waals surface area contributed by atoms with Gasteiger partial charge in [-0.3, -0.25) is 0 Å². The van der Waals surface area contributed by atoms with Gasteiger partial charge in [-0.15, -0.1) is 0 Å². The van der Waals surface area contributed by atoms with Crippen molar-refractivity contribution in [2.45, 2.75) is 39.0 Å². The van der Waals surface area contributed by atoms with Crippen molar-refractivity contribution in [2.24, 2.45) is 5.41 Å². The van der Waals surface area contributed by atoms with Crippen molar-refractivity contribution in [3.8, 4) is 0 Å². The molecular formula is C21H26N2. The third-order valence-electron chi connectivity index (χ3n) is 6.46. The maximum atomic E-state index is 2.48. The summed E-state index contributed by atoms with van der Waals surface area (Å²) < 4.78 is 0. The molecule has 0 radical (unpaired) electrons. The molecule has 1 aliphatic heterocycles. The van der Waals surface area contributed by atoms with E-state index in [4.69, 9.17) is 0 Å². The van der Waals surface area contributed by atoms with Gasteiger partial charge in [0.1, 0.15) is 0 Å². The molecule has 4 rings (SSSR count). The Morgan fingerprint density at radius 2 is 1.52 bits per heavy atom. The van der Waals surface area contributed by atoms with Crippen LogP contribution in [0.2, 0.25) is 0 Å². The first-order chi connectivity index (χ1) is 11.0. The molecule has 23 heavy (non-hydrogen) atoms. The Bertz CT molecular complexity index is 753. The summed E-state index contributed by atoms with van der Waals surface area (Å²) in [6.07, 6.45) is 2.53. The highest BCUT2D eigenvalue weighted by molar-refractivity contribution is 5.83. The minimum Gasteiger partial charge on any atom is -0.355 e. The monoisotopic (exact) mass is 306 g/mol. The van der Waals surface area contributed by atoms with E-state index in [-0.39, 0.29) is 0 Å². The summed E-state index contributed by atoms with van der Waals surface area (Å²) in [4.78, 5) is 4.81. The summed E-state index contributed by atoms with van der Waals surface area (Å²) in [5.74, 6) is 0. The minimum absolute atomic E-state index is 0.300. The number of benzene rings is 2. The molecule has 2 atom stereocenters. The third kappa shape index (κ3) is 1.94. The van der Waals surface area contributed by atoms with Crippen LogP contribution in [0.3, 0.4) is 0 Å². The Labute approximate surface area is 139 Å². The van der Waals surface area contributed by atoms with Gasteiger partial charge in [-0.25, -0.2) is 0 Å². The number of fused-ring (bicyclic) bond motifs is 1. The summed E-state index contributed by atoms with van der Waals surface area (Å²) >= 11 is 0. The molecule has 0 saturated heterocycles. The lowest BCUT2D eigenvalue weighted by Crippen LogP contribution is -2.26. The first kappa shape index (κ1) is 14.6. The Balaban J connectivity index is 1.81. The molecular weight excluding hydrogens is 280 g/mol. The zero-order valence-corrected chi connectivity index (χ0v) is 14.6. The quantitative estimate of drug-likeness (QED) is 0.758. The van der Waals surface area contributed by atoms with Crippen LogP contribution in [0.1, 0.15) is 39.2 Å². The Hall–Kier alpha value is -1.96. The fraction of sp³-hybridized carbons (Fsp3) is 0.429. The maximum Gasteiger partial charge on any atom is 0.0950 e. The molecule has 2 aromatic carbocycles. The topological polar surface area (TPSA) is 6.48 Å². The number of nitrogens with zero attached hydrogens (tertiary/aromatic N) is 2. The molecule has 1 heterocycles. The van der Waals surface area contributed by atoms with Crippen LogP contribution in [0.15, 0.2) is 48.5 Å². The highest BCUT2D eigenvalue weighted by atomic mass is 15.4. The van der Waals surface area contributed by atoms with Crippen LogP contribution in [0.25, 0.3) is 0 Å². The number of rotatable bonds is 3. The van der Waals surface area contributed by atoms with Crippen LogP contribution < -0.4 is 9.80 Å². The van der Waals surface area contributed by atoms with E-state index in [0.29, 0.717) is 10.8 Å². The molecule has 1 aliphatic carbocycles. The number of hydrogen-bond donors (Lipinski definition) is 0. The predicted molar refractivity (Wildman–Crippen MR) is 98.7 cm³/mol. The van der Waals surface area contributed by atoms with Crippen LogP contribution >= 0.6 is 0 Å². The van der Waals surface area contributed by atoms with Crippen molar-refractivity contribution in [3.05, 3.63) is 54.1 Å². The fourth-order valence-corrected chi connectivity index (χ4v) is 4.43. The molecule has 1 unspecified atom stereocenters. The van der Waals surface area contributed by atoms with Gasteiger partial charge in [0.25, 0.3) is 0 Å². The summed E-state index contributed by atoms with van der Waals surface area (Å²) in [6, 6.07) is 17.7. The maximum absolute atomic E-state index is 2.48. The number of para-hydroxylation sites is 3. The standard InChI is InChI=1S/C21H26N2/c1-5-20(2)14-21(20,3)16-10-6-7-11-17(16)23-15-22(4)18-12-8-9-13-19(18)23/h6-13H,5,14-15H2,1-4H3/t20-,21?/m1/s1. The second kappa shape index (κ2) is 4.77. The molecule has 0 bridgehead atoms. The molecule has 2 aliphatic rings. The van der Waals surface area contributed by atoms with Gasteiger partial charge in [-0.2, -0.15) is 0 Å². The first-order valence-corrected chi connectivity index (χ1v) is 8.67. The van der Waals surface area contributed by atoms with Crippen molar-refractivity contribution < 1.29 is 0 Å². The van der Waals surface area contributed by atoms with Gasteiger partial charge in [-0.1, -0.05) is 51.1 Å². The zero-order valence-electron chi connectivity index (χ0n) is 14.6. The van der Waals surface area contributed by atoms with E-state index in [2.05, 4.69) is 86.1 Å². The summed E-state index contributed by atoms with van der Waals surface area (Å²) in [6.45, 7) is 8.14. The number of hydrogen-bond acceptors (Lipinski definition) is 2. The molecule has 0 amide bonds. The van der Waals surface area contributed by atoms with Crippen LogP contribution in [0.4, 0.5) is 17.1 Å². The van der Waals surface area contributed by atoms with E-state index >= 15 is 0 Å². The van der Waals surface area contributed by atoms with Crippen molar-refractivity contribution in [3.63, 3.8) is 0 Å². The van der Waals surface area contributed by atoms with E-state index in [1.807, 2.05) is 0 Å². The number of anilines is 3. The van der Waals surface area contributed by atoms with E-state index in [1.54, 1.807) is 0 Å².